The van der Waals surface area contributed by atoms with Crippen LogP contribution < -0.4 is 4.90 Å². The number of hydrogen-bond donors (Lipinski definition) is 0. The lowest BCUT2D eigenvalue weighted by Crippen LogP contribution is -2.33. The molecular weight excluding hydrogens is 809 g/mol. The predicted octanol–water partition coefficient (Wildman–Crippen LogP) is 17.4. The molecule has 2 heteroatoms. The van der Waals surface area contributed by atoms with Crippen molar-refractivity contribution in [2.75, 3.05) is 4.90 Å². The molecule has 0 N–H and O–H groups in total. The van der Waals surface area contributed by atoms with Crippen molar-refractivity contribution >= 4 is 49.5 Å². The zero-order chi connectivity index (χ0) is 44.2. The van der Waals surface area contributed by atoms with E-state index in [1.165, 1.54) is 122 Å². The number of fused-ring (bicyclic) bond motifs is 12. The lowest BCUT2D eigenvalue weighted by atomic mass is 9.84. The number of anilines is 2. The Hall–Kier alpha value is -8.46. The maximum Gasteiger partial charge on any atom is 0.0658 e. The van der Waals surface area contributed by atoms with E-state index in [0.717, 1.165) is 5.69 Å². The summed E-state index contributed by atoms with van der Waals surface area (Å²) in [6.07, 6.45) is 6.99. The molecule has 1 aromatic heterocycles. The van der Waals surface area contributed by atoms with Crippen LogP contribution in [-0.2, 0) is 0 Å². The van der Waals surface area contributed by atoms with Gasteiger partial charge >= 0.3 is 0 Å². The van der Waals surface area contributed by atoms with Gasteiger partial charge in [-0.05, 0) is 139 Å². The number of aromatic nitrogens is 1. The largest absolute Gasteiger partial charge is 0.332 e. The van der Waals surface area contributed by atoms with Crippen molar-refractivity contribution in [1.82, 2.24) is 4.57 Å². The standard InChI is InChI=1S/C65H44N2/c1-41-12-11-19-55-59-39-51(40-60-57-37-49-16-6-5-15-48(49)36-56(57)53-17-7-10-21-62(53)67(64(41)55)65(59)60)47-28-26-46(27-29-47)50-32-35-63-58(38-50)54-18-8-9-20-61(54)66(63)52-33-30-45(31-34-52)44-24-22-43(23-25-44)42-13-3-2-4-14-42/h2-41,64H,1H3. The molecule has 14 rings (SSSR count). The summed E-state index contributed by atoms with van der Waals surface area (Å²) in [5.74, 6) is 0.359. The smallest absolute Gasteiger partial charge is 0.0658 e. The molecule has 0 bridgehead atoms. The second-order valence-electron chi connectivity index (χ2n) is 18.5. The van der Waals surface area contributed by atoms with Crippen molar-refractivity contribution in [2.45, 2.75) is 13.0 Å². The Bertz CT molecular complexity index is 3850. The molecule has 2 unspecified atom stereocenters. The van der Waals surface area contributed by atoms with Crippen LogP contribution in [0, 0.1) is 5.92 Å². The average Bonchev–Trinajstić information content (AvgIpc) is 3.88. The molecule has 2 aliphatic heterocycles. The van der Waals surface area contributed by atoms with Crippen LogP contribution in [0.25, 0.3) is 111 Å². The Morgan fingerprint density at radius 3 is 1.64 bits per heavy atom. The Balaban J connectivity index is 0.841. The molecule has 314 valence electrons. The molecule has 11 aromatic rings. The topological polar surface area (TPSA) is 8.17 Å². The van der Waals surface area contributed by atoms with Crippen LogP contribution in [0.5, 0.6) is 0 Å². The van der Waals surface area contributed by atoms with Crippen LogP contribution in [-0.4, -0.2) is 10.6 Å². The number of para-hydroxylation sites is 2. The molecule has 0 fully saturated rings. The van der Waals surface area contributed by atoms with E-state index < -0.39 is 0 Å². The molecule has 3 aliphatic rings. The van der Waals surface area contributed by atoms with Crippen molar-refractivity contribution in [3.05, 3.63) is 242 Å². The van der Waals surface area contributed by atoms with Gasteiger partial charge in [-0.25, -0.2) is 0 Å². The van der Waals surface area contributed by atoms with E-state index in [2.05, 4.69) is 253 Å². The maximum absolute atomic E-state index is 2.66. The second-order valence-corrected chi connectivity index (χ2v) is 18.5. The third-order valence-electron chi connectivity index (χ3n) is 14.8. The molecular formula is C65H44N2. The molecule has 3 heterocycles. The molecule has 2 atom stereocenters. The van der Waals surface area contributed by atoms with Crippen LogP contribution in [0.1, 0.15) is 12.5 Å². The normalized spacial score (nSPS) is 15.5. The highest BCUT2D eigenvalue weighted by atomic mass is 15.2. The van der Waals surface area contributed by atoms with Gasteiger partial charge in [0.05, 0.1) is 22.8 Å². The van der Waals surface area contributed by atoms with Crippen molar-refractivity contribution in [3.8, 4) is 72.4 Å². The van der Waals surface area contributed by atoms with Crippen molar-refractivity contribution in [3.63, 3.8) is 0 Å². The number of allylic oxidation sites excluding steroid dienone is 2. The summed E-state index contributed by atoms with van der Waals surface area (Å²) < 4.78 is 2.41. The minimum atomic E-state index is 0.227. The summed E-state index contributed by atoms with van der Waals surface area (Å²) >= 11 is 0. The molecule has 0 saturated heterocycles. The van der Waals surface area contributed by atoms with Gasteiger partial charge in [0, 0.05) is 38.8 Å². The van der Waals surface area contributed by atoms with E-state index in [9.17, 15) is 0 Å². The van der Waals surface area contributed by atoms with E-state index in [1.54, 1.807) is 0 Å². The van der Waals surface area contributed by atoms with E-state index in [1.807, 2.05) is 0 Å². The number of nitrogens with zero attached hydrogens (tertiary/aromatic N) is 2. The third-order valence-corrected chi connectivity index (χ3v) is 14.8. The summed E-state index contributed by atoms with van der Waals surface area (Å²) in [5, 5.41) is 5.03. The lowest BCUT2D eigenvalue weighted by Gasteiger charge is -2.33. The van der Waals surface area contributed by atoms with Gasteiger partial charge in [0.1, 0.15) is 0 Å². The molecule has 10 aromatic carbocycles. The minimum Gasteiger partial charge on any atom is -0.332 e. The highest BCUT2D eigenvalue weighted by Gasteiger charge is 2.43. The van der Waals surface area contributed by atoms with Crippen molar-refractivity contribution in [2.24, 2.45) is 5.92 Å². The quantitative estimate of drug-likeness (QED) is 0.167. The van der Waals surface area contributed by atoms with Gasteiger partial charge in [-0.3, -0.25) is 0 Å². The van der Waals surface area contributed by atoms with E-state index in [-0.39, 0.29) is 6.04 Å². The first-order valence-electron chi connectivity index (χ1n) is 23.5. The Labute approximate surface area is 390 Å². The number of benzene rings is 10. The molecule has 67 heavy (non-hydrogen) atoms. The fraction of sp³-hybridized carbons (Fsp3) is 0.0462. The molecule has 0 radical (unpaired) electrons. The zero-order valence-corrected chi connectivity index (χ0v) is 37.1. The van der Waals surface area contributed by atoms with E-state index in [4.69, 9.17) is 0 Å². The summed E-state index contributed by atoms with van der Waals surface area (Å²) in [7, 11) is 0. The average molecular weight is 853 g/mol. The van der Waals surface area contributed by atoms with Gasteiger partial charge in [0.15, 0.2) is 0 Å². The fourth-order valence-corrected chi connectivity index (χ4v) is 11.5. The van der Waals surface area contributed by atoms with Gasteiger partial charge in [-0.2, -0.15) is 0 Å². The van der Waals surface area contributed by atoms with Gasteiger partial charge < -0.3 is 9.47 Å². The van der Waals surface area contributed by atoms with Gasteiger partial charge in [-0.1, -0.05) is 183 Å². The zero-order valence-electron chi connectivity index (χ0n) is 37.1. The second kappa shape index (κ2) is 14.8. The van der Waals surface area contributed by atoms with Crippen LogP contribution in [0.2, 0.25) is 0 Å². The molecule has 0 spiro atoms. The van der Waals surface area contributed by atoms with E-state index >= 15 is 0 Å². The SMILES string of the molecule is CC1C=CC=C2c3cc(-c4ccc(-c5ccc6c(c5)c5ccccc5n6-c5ccc(-c6ccc(-c7ccccc7)cc6)cc5)cc4)cc4c3N(c3ccccc3-c3cc5ccccc5cc3-4)C21. The lowest BCUT2D eigenvalue weighted by molar-refractivity contribution is 0.637. The first-order valence-corrected chi connectivity index (χ1v) is 23.5. The van der Waals surface area contributed by atoms with Crippen LogP contribution in [0.4, 0.5) is 11.4 Å². The van der Waals surface area contributed by atoms with Crippen LogP contribution in [0.3, 0.4) is 0 Å². The maximum atomic E-state index is 2.66. The van der Waals surface area contributed by atoms with E-state index in [0.29, 0.717) is 5.92 Å². The first-order chi connectivity index (χ1) is 33.1. The monoisotopic (exact) mass is 852 g/mol. The molecule has 0 amide bonds. The van der Waals surface area contributed by atoms with Gasteiger partial charge in [0.25, 0.3) is 0 Å². The summed E-state index contributed by atoms with van der Waals surface area (Å²) in [6, 6.07) is 81.3. The van der Waals surface area contributed by atoms with Crippen LogP contribution >= 0.6 is 0 Å². The van der Waals surface area contributed by atoms with Gasteiger partial charge in [0.2, 0.25) is 0 Å². The van der Waals surface area contributed by atoms with Gasteiger partial charge in [-0.15, -0.1) is 0 Å². The fourth-order valence-electron chi connectivity index (χ4n) is 11.5. The van der Waals surface area contributed by atoms with Crippen molar-refractivity contribution < 1.29 is 0 Å². The Morgan fingerprint density at radius 2 is 0.910 bits per heavy atom. The highest BCUT2D eigenvalue weighted by Crippen LogP contribution is 2.59. The highest BCUT2D eigenvalue weighted by molar-refractivity contribution is 6.12. The third kappa shape index (κ3) is 5.89. The number of hydrogen-bond acceptors (Lipinski definition) is 1. The Morgan fingerprint density at radius 1 is 0.373 bits per heavy atom. The summed E-state index contributed by atoms with van der Waals surface area (Å²) in [5.41, 5.74) is 23.8. The summed E-state index contributed by atoms with van der Waals surface area (Å²) in [6.45, 7) is 2.37. The molecule has 1 aliphatic carbocycles. The van der Waals surface area contributed by atoms with Crippen LogP contribution in [0.15, 0.2) is 237 Å². The van der Waals surface area contributed by atoms with Crippen molar-refractivity contribution in [1.29, 1.82) is 0 Å². The Kier molecular flexibility index (Phi) is 8.36. The first kappa shape index (κ1) is 37.9. The summed E-state index contributed by atoms with van der Waals surface area (Å²) in [4.78, 5) is 2.66. The molecule has 2 nitrogen and oxygen atoms in total. The minimum absolute atomic E-state index is 0.227. The number of rotatable bonds is 5. The predicted molar refractivity (Wildman–Crippen MR) is 283 cm³/mol. The molecule has 0 saturated carbocycles.